The molecule has 1 atom stereocenters. The predicted molar refractivity (Wildman–Crippen MR) is 59.2 cm³/mol. The lowest BCUT2D eigenvalue weighted by Gasteiger charge is -2.29. The summed E-state index contributed by atoms with van der Waals surface area (Å²) in [5.74, 6) is 0. The van der Waals surface area contributed by atoms with E-state index in [4.69, 9.17) is 10.8 Å². The number of nitrogens with two attached hydrogens (primary N) is 1. The van der Waals surface area contributed by atoms with Gasteiger partial charge in [0.1, 0.15) is 0 Å². The fraction of sp³-hybridized carbons (Fsp3) is 1.00. The largest absolute Gasteiger partial charge is 0.396 e. The van der Waals surface area contributed by atoms with Crippen LogP contribution in [0.15, 0.2) is 0 Å². The summed E-state index contributed by atoms with van der Waals surface area (Å²) in [6, 6.07) is 0.675. The maximum absolute atomic E-state index is 8.83. The highest BCUT2D eigenvalue weighted by molar-refractivity contribution is 4.75. The Morgan fingerprint density at radius 3 is 2.86 bits per heavy atom. The molecule has 0 bridgehead atoms. The molecule has 0 aromatic heterocycles. The Labute approximate surface area is 87.3 Å². The van der Waals surface area contributed by atoms with Crippen molar-refractivity contribution >= 4 is 0 Å². The van der Waals surface area contributed by atoms with E-state index in [1.54, 1.807) is 0 Å². The van der Waals surface area contributed by atoms with E-state index in [1.165, 1.54) is 32.2 Å². The summed E-state index contributed by atoms with van der Waals surface area (Å²) in [6.07, 6.45) is 7.33. The molecule has 1 rings (SSSR count). The van der Waals surface area contributed by atoms with Gasteiger partial charge in [-0.1, -0.05) is 12.8 Å². The topological polar surface area (TPSA) is 49.5 Å². The first kappa shape index (κ1) is 12.0. The molecule has 3 heteroatoms. The molecule has 1 fully saturated rings. The third kappa shape index (κ3) is 3.95. The second kappa shape index (κ2) is 7.21. The van der Waals surface area contributed by atoms with Crippen LogP contribution in [0.2, 0.25) is 0 Å². The quantitative estimate of drug-likeness (QED) is 0.695. The molecule has 1 saturated heterocycles. The number of aliphatic hydroxyl groups excluding tert-OH is 1. The van der Waals surface area contributed by atoms with Gasteiger partial charge in [0.15, 0.2) is 0 Å². The van der Waals surface area contributed by atoms with Crippen molar-refractivity contribution in [2.75, 3.05) is 26.2 Å². The molecule has 3 N–H and O–H groups in total. The molecule has 3 nitrogen and oxygen atoms in total. The monoisotopic (exact) mass is 200 g/mol. The van der Waals surface area contributed by atoms with Crippen LogP contribution in [0.1, 0.15) is 38.5 Å². The van der Waals surface area contributed by atoms with E-state index in [0.29, 0.717) is 12.6 Å². The van der Waals surface area contributed by atoms with Gasteiger partial charge in [-0.2, -0.15) is 0 Å². The second-order valence-electron chi connectivity index (χ2n) is 4.19. The molecule has 1 unspecified atom stereocenters. The average Bonchev–Trinajstić information content (AvgIpc) is 2.41. The normalized spacial score (nSPS) is 24.9. The predicted octanol–water partition coefficient (Wildman–Crippen LogP) is 0.962. The van der Waals surface area contributed by atoms with Gasteiger partial charge in [0, 0.05) is 19.2 Å². The zero-order valence-corrected chi connectivity index (χ0v) is 9.12. The van der Waals surface area contributed by atoms with Crippen molar-refractivity contribution < 1.29 is 5.11 Å². The van der Waals surface area contributed by atoms with Crippen molar-refractivity contribution in [3.05, 3.63) is 0 Å². The summed E-state index contributed by atoms with van der Waals surface area (Å²) in [6.45, 7) is 3.35. The van der Waals surface area contributed by atoms with Crippen molar-refractivity contribution in [2.45, 2.75) is 44.6 Å². The first-order chi connectivity index (χ1) is 6.88. The molecule has 0 aliphatic carbocycles. The van der Waals surface area contributed by atoms with E-state index in [0.717, 1.165) is 25.9 Å². The lowest BCUT2D eigenvalue weighted by Crippen LogP contribution is -2.37. The third-order valence-electron chi connectivity index (χ3n) is 3.10. The van der Waals surface area contributed by atoms with E-state index in [9.17, 15) is 0 Å². The van der Waals surface area contributed by atoms with Crippen molar-refractivity contribution in [3.8, 4) is 0 Å². The summed E-state index contributed by atoms with van der Waals surface area (Å²) in [5, 5.41) is 8.83. The van der Waals surface area contributed by atoms with Gasteiger partial charge in [0.05, 0.1) is 0 Å². The van der Waals surface area contributed by atoms with Crippen molar-refractivity contribution in [2.24, 2.45) is 5.73 Å². The third-order valence-corrected chi connectivity index (χ3v) is 3.10. The van der Waals surface area contributed by atoms with E-state index in [1.807, 2.05) is 0 Å². The molecule has 1 aliphatic rings. The van der Waals surface area contributed by atoms with E-state index in [2.05, 4.69) is 4.90 Å². The van der Waals surface area contributed by atoms with Gasteiger partial charge in [-0.3, -0.25) is 0 Å². The Bertz CT molecular complexity index is 141. The van der Waals surface area contributed by atoms with E-state index < -0.39 is 0 Å². The summed E-state index contributed by atoms with van der Waals surface area (Å²) < 4.78 is 0. The Morgan fingerprint density at radius 1 is 1.29 bits per heavy atom. The van der Waals surface area contributed by atoms with Crippen LogP contribution < -0.4 is 5.73 Å². The van der Waals surface area contributed by atoms with Crippen LogP contribution in [0.25, 0.3) is 0 Å². The van der Waals surface area contributed by atoms with Crippen molar-refractivity contribution in [3.63, 3.8) is 0 Å². The van der Waals surface area contributed by atoms with Crippen LogP contribution in [0.4, 0.5) is 0 Å². The lowest BCUT2D eigenvalue weighted by atomic mass is 10.1. The van der Waals surface area contributed by atoms with Gasteiger partial charge < -0.3 is 15.7 Å². The fourth-order valence-electron chi connectivity index (χ4n) is 2.32. The van der Waals surface area contributed by atoms with Crippen LogP contribution in [0, 0.1) is 0 Å². The minimum atomic E-state index is 0.311. The minimum Gasteiger partial charge on any atom is -0.396 e. The van der Waals surface area contributed by atoms with Gasteiger partial charge >= 0.3 is 0 Å². The zero-order chi connectivity index (χ0) is 10.2. The number of hydrogen-bond acceptors (Lipinski definition) is 3. The molecule has 0 saturated carbocycles. The maximum Gasteiger partial charge on any atom is 0.0443 e. The molecule has 0 aromatic rings. The number of hydrogen-bond donors (Lipinski definition) is 2. The summed E-state index contributed by atoms with van der Waals surface area (Å²) in [4.78, 5) is 2.52. The standard InChI is InChI=1S/C11H24N2O/c12-7-6-11-5-2-1-3-8-13(11)9-4-10-14/h11,14H,1-10,12H2. The minimum absolute atomic E-state index is 0.311. The SMILES string of the molecule is NCCC1CCCCCN1CCCO. The molecule has 0 amide bonds. The summed E-state index contributed by atoms with van der Waals surface area (Å²) >= 11 is 0. The smallest absolute Gasteiger partial charge is 0.0443 e. The average molecular weight is 200 g/mol. The molecular formula is C11H24N2O. The molecule has 84 valence electrons. The van der Waals surface area contributed by atoms with Crippen LogP contribution in [-0.4, -0.2) is 42.3 Å². The van der Waals surface area contributed by atoms with E-state index in [-0.39, 0.29) is 0 Å². The van der Waals surface area contributed by atoms with Gasteiger partial charge in [-0.15, -0.1) is 0 Å². The van der Waals surface area contributed by atoms with Crippen LogP contribution in [0.5, 0.6) is 0 Å². The number of nitrogens with zero attached hydrogens (tertiary/aromatic N) is 1. The highest BCUT2D eigenvalue weighted by Gasteiger charge is 2.19. The first-order valence-corrected chi connectivity index (χ1v) is 5.93. The van der Waals surface area contributed by atoms with Crippen molar-refractivity contribution in [1.29, 1.82) is 0 Å². The molecule has 0 aromatic carbocycles. The van der Waals surface area contributed by atoms with E-state index >= 15 is 0 Å². The van der Waals surface area contributed by atoms with Crippen LogP contribution >= 0.6 is 0 Å². The summed E-state index contributed by atoms with van der Waals surface area (Å²) in [7, 11) is 0. The van der Waals surface area contributed by atoms with Gasteiger partial charge in [-0.05, 0) is 38.8 Å². The second-order valence-corrected chi connectivity index (χ2v) is 4.19. The molecule has 0 spiro atoms. The van der Waals surface area contributed by atoms with Crippen LogP contribution in [0.3, 0.4) is 0 Å². The number of aliphatic hydroxyl groups is 1. The Morgan fingerprint density at radius 2 is 2.14 bits per heavy atom. The lowest BCUT2D eigenvalue weighted by molar-refractivity contribution is 0.170. The number of likely N-dealkylation sites (tertiary alicyclic amines) is 1. The Balaban J connectivity index is 2.37. The Hall–Kier alpha value is -0.120. The first-order valence-electron chi connectivity index (χ1n) is 5.93. The fourth-order valence-corrected chi connectivity index (χ4v) is 2.32. The van der Waals surface area contributed by atoms with Crippen molar-refractivity contribution in [1.82, 2.24) is 4.90 Å². The number of rotatable bonds is 5. The van der Waals surface area contributed by atoms with Gasteiger partial charge in [0.25, 0.3) is 0 Å². The van der Waals surface area contributed by atoms with Gasteiger partial charge in [0.2, 0.25) is 0 Å². The Kier molecular flexibility index (Phi) is 6.15. The molecule has 0 radical (unpaired) electrons. The molecule has 1 heterocycles. The highest BCUT2D eigenvalue weighted by atomic mass is 16.3. The van der Waals surface area contributed by atoms with Gasteiger partial charge in [-0.25, -0.2) is 0 Å². The zero-order valence-electron chi connectivity index (χ0n) is 9.12. The molecule has 14 heavy (non-hydrogen) atoms. The molecular weight excluding hydrogens is 176 g/mol. The molecule has 1 aliphatic heterocycles. The highest BCUT2D eigenvalue weighted by Crippen LogP contribution is 2.18. The summed E-state index contributed by atoms with van der Waals surface area (Å²) in [5.41, 5.74) is 5.63. The maximum atomic E-state index is 8.83. The van der Waals surface area contributed by atoms with Crippen LogP contribution in [-0.2, 0) is 0 Å².